The predicted octanol–water partition coefficient (Wildman–Crippen LogP) is 4.06. The van der Waals surface area contributed by atoms with Crippen molar-refractivity contribution in [3.63, 3.8) is 0 Å². The molecule has 2 amide bonds. The van der Waals surface area contributed by atoms with Crippen molar-refractivity contribution in [1.29, 1.82) is 5.26 Å². The van der Waals surface area contributed by atoms with E-state index in [2.05, 4.69) is 25.5 Å². The molecule has 142 valence electrons. The second-order valence-corrected chi connectivity index (χ2v) is 7.93. The van der Waals surface area contributed by atoms with E-state index in [0.29, 0.717) is 12.1 Å². The van der Waals surface area contributed by atoms with Gasteiger partial charge in [-0.1, -0.05) is 30.7 Å². The summed E-state index contributed by atoms with van der Waals surface area (Å²) in [6.45, 7) is 5.60. The van der Waals surface area contributed by atoms with Gasteiger partial charge in [-0.3, -0.25) is 5.32 Å². The lowest BCUT2D eigenvalue weighted by molar-refractivity contribution is 0.256. The van der Waals surface area contributed by atoms with Crippen LogP contribution in [0.5, 0.6) is 0 Å². The van der Waals surface area contributed by atoms with Gasteiger partial charge in [0.15, 0.2) is 15.7 Å². The normalized spacial score (nSPS) is 12.6. The van der Waals surface area contributed by atoms with E-state index in [-0.39, 0.29) is 27.8 Å². The SMILES string of the molecule is CCN=S(=O)(NC(=O)Nc1nc(C)cc(CC)c1C#N)c1ccccc1Cl. The highest BCUT2D eigenvalue weighted by Crippen LogP contribution is 2.23. The number of urea groups is 1. The lowest BCUT2D eigenvalue weighted by Gasteiger charge is -2.15. The number of anilines is 1. The maximum atomic E-state index is 13.2. The molecule has 7 nitrogen and oxygen atoms in total. The first-order valence-corrected chi connectivity index (χ1v) is 10.2. The van der Waals surface area contributed by atoms with Crippen LogP contribution < -0.4 is 10.0 Å². The standard InChI is InChI=1S/C18H20ClN5O2S/c1-4-13-10-12(3)22-17(14(13)11-20)23-18(25)24-27(26,21-5-2)16-9-7-6-8-15(16)19/h6-10H,4-5H2,1-3H3,(H2,21,22,23,24,25,26). The van der Waals surface area contributed by atoms with Crippen molar-refractivity contribution in [2.75, 3.05) is 11.9 Å². The van der Waals surface area contributed by atoms with Crippen LogP contribution in [-0.2, 0) is 16.3 Å². The average molecular weight is 406 g/mol. The first-order chi connectivity index (χ1) is 12.8. The van der Waals surface area contributed by atoms with Crippen LogP contribution in [0.3, 0.4) is 0 Å². The molecule has 2 N–H and O–H groups in total. The molecule has 2 aromatic rings. The summed E-state index contributed by atoms with van der Waals surface area (Å²) >= 11 is 6.13. The Balaban J connectivity index is 2.38. The zero-order valence-corrected chi connectivity index (χ0v) is 16.8. The molecule has 0 bridgehead atoms. The van der Waals surface area contributed by atoms with Gasteiger partial charge in [0.25, 0.3) is 0 Å². The summed E-state index contributed by atoms with van der Waals surface area (Å²) in [5.74, 6) is 0.115. The van der Waals surface area contributed by atoms with E-state index in [4.69, 9.17) is 11.6 Å². The molecule has 1 unspecified atom stereocenters. The number of amides is 2. The van der Waals surface area contributed by atoms with Gasteiger partial charge in [-0.2, -0.15) is 5.26 Å². The van der Waals surface area contributed by atoms with Crippen LogP contribution in [0.15, 0.2) is 39.6 Å². The number of carbonyl (C=O) groups is 1. The minimum atomic E-state index is -3.29. The Hall–Kier alpha value is -2.63. The summed E-state index contributed by atoms with van der Waals surface area (Å²) in [5, 5.41) is 12.2. The summed E-state index contributed by atoms with van der Waals surface area (Å²) in [4.78, 5) is 16.9. The van der Waals surface area contributed by atoms with Gasteiger partial charge < -0.3 is 0 Å². The molecule has 0 spiro atoms. The Morgan fingerprint density at radius 1 is 1.37 bits per heavy atom. The van der Waals surface area contributed by atoms with E-state index in [1.807, 2.05) is 6.92 Å². The molecule has 1 heterocycles. The number of benzene rings is 1. The van der Waals surface area contributed by atoms with Gasteiger partial charge >= 0.3 is 6.03 Å². The number of aromatic nitrogens is 1. The van der Waals surface area contributed by atoms with Crippen LogP contribution in [0.1, 0.15) is 30.7 Å². The lowest BCUT2D eigenvalue weighted by Crippen LogP contribution is -2.35. The Labute approximate surface area is 164 Å². The Kier molecular flexibility index (Phi) is 6.77. The van der Waals surface area contributed by atoms with Crippen LogP contribution in [0.25, 0.3) is 0 Å². The number of rotatable bonds is 5. The van der Waals surface area contributed by atoms with E-state index in [1.54, 1.807) is 44.2 Å². The molecule has 1 atom stereocenters. The topological polar surface area (TPSA) is 107 Å². The molecule has 1 aromatic carbocycles. The van der Waals surface area contributed by atoms with Crippen molar-refractivity contribution in [3.05, 3.63) is 52.2 Å². The number of aryl methyl sites for hydroxylation is 2. The van der Waals surface area contributed by atoms with Gasteiger partial charge in [-0.25, -0.2) is 23.1 Å². The van der Waals surface area contributed by atoms with Crippen LogP contribution in [0.4, 0.5) is 10.6 Å². The van der Waals surface area contributed by atoms with Crippen molar-refractivity contribution in [1.82, 2.24) is 9.71 Å². The monoisotopic (exact) mass is 405 g/mol. The molecule has 27 heavy (non-hydrogen) atoms. The second kappa shape index (κ2) is 8.84. The fraction of sp³-hybridized carbons (Fsp3) is 0.278. The largest absolute Gasteiger partial charge is 0.333 e. The number of nitrogens with one attached hydrogen (secondary N) is 2. The van der Waals surface area contributed by atoms with Crippen molar-refractivity contribution in [2.45, 2.75) is 32.1 Å². The fourth-order valence-electron chi connectivity index (χ4n) is 2.50. The third-order valence-electron chi connectivity index (χ3n) is 3.63. The minimum absolute atomic E-state index is 0.115. The number of nitriles is 1. The molecule has 1 aromatic heterocycles. The van der Waals surface area contributed by atoms with Crippen molar-refractivity contribution in [3.8, 4) is 6.07 Å². The third kappa shape index (κ3) is 4.76. The molecule has 0 saturated carbocycles. The molecule has 0 aliphatic rings. The van der Waals surface area contributed by atoms with Gasteiger partial charge in [0.05, 0.1) is 15.5 Å². The van der Waals surface area contributed by atoms with Gasteiger partial charge in [-0.15, -0.1) is 0 Å². The molecule has 9 heteroatoms. The summed E-state index contributed by atoms with van der Waals surface area (Å²) < 4.78 is 19.7. The number of halogens is 1. The Morgan fingerprint density at radius 3 is 2.67 bits per heavy atom. The third-order valence-corrected chi connectivity index (χ3v) is 6.11. The Morgan fingerprint density at radius 2 is 2.07 bits per heavy atom. The number of nitrogens with zero attached hydrogens (tertiary/aromatic N) is 3. The zero-order valence-electron chi connectivity index (χ0n) is 15.2. The van der Waals surface area contributed by atoms with Crippen molar-refractivity contribution < 1.29 is 9.00 Å². The molecular formula is C18H20ClN5O2S. The number of pyridine rings is 1. The van der Waals surface area contributed by atoms with Gasteiger partial charge in [0.1, 0.15) is 6.07 Å². The molecule has 0 aliphatic heterocycles. The van der Waals surface area contributed by atoms with E-state index >= 15 is 0 Å². The van der Waals surface area contributed by atoms with E-state index in [1.165, 1.54) is 0 Å². The smallest absolute Gasteiger partial charge is 0.290 e. The van der Waals surface area contributed by atoms with Gasteiger partial charge in [0, 0.05) is 12.2 Å². The zero-order chi connectivity index (χ0) is 20.0. The molecule has 0 aliphatic carbocycles. The second-order valence-electron chi connectivity index (χ2n) is 5.57. The number of hydrogen-bond acceptors (Lipinski definition) is 5. The fourth-order valence-corrected chi connectivity index (χ4v) is 4.53. The highest BCUT2D eigenvalue weighted by atomic mass is 35.5. The van der Waals surface area contributed by atoms with Crippen molar-refractivity contribution >= 4 is 33.4 Å². The van der Waals surface area contributed by atoms with E-state index < -0.39 is 15.9 Å². The van der Waals surface area contributed by atoms with Crippen LogP contribution in [-0.4, -0.2) is 21.8 Å². The van der Waals surface area contributed by atoms with Gasteiger partial charge in [-0.05, 0) is 44.0 Å². The quantitative estimate of drug-likeness (QED) is 0.781. The number of hydrogen-bond donors (Lipinski definition) is 2. The summed E-state index contributed by atoms with van der Waals surface area (Å²) in [5.41, 5.74) is 1.70. The predicted molar refractivity (Wildman–Crippen MR) is 106 cm³/mol. The Bertz CT molecular complexity index is 1020. The minimum Gasteiger partial charge on any atom is -0.290 e. The van der Waals surface area contributed by atoms with E-state index in [9.17, 15) is 14.3 Å². The van der Waals surface area contributed by atoms with Crippen LogP contribution >= 0.6 is 11.6 Å². The molecule has 0 radical (unpaired) electrons. The first kappa shape index (κ1) is 20.7. The molecular weight excluding hydrogens is 386 g/mol. The summed E-state index contributed by atoms with van der Waals surface area (Å²) in [6, 6.07) is 9.54. The summed E-state index contributed by atoms with van der Waals surface area (Å²) in [6.07, 6.45) is 0.615. The molecule has 0 fully saturated rings. The van der Waals surface area contributed by atoms with Crippen molar-refractivity contribution in [2.24, 2.45) is 4.36 Å². The summed E-state index contributed by atoms with van der Waals surface area (Å²) in [7, 11) is -3.29. The maximum absolute atomic E-state index is 13.2. The molecule has 0 saturated heterocycles. The maximum Gasteiger partial charge on any atom is 0.333 e. The van der Waals surface area contributed by atoms with Crippen LogP contribution in [0.2, 0.25) is 5.02 Å². The highest BCUT2D eigenvalue weighted by Gasteiger charge is 2.20. The highest BCUT2D eigenvalue weighted by molar-refractivity contribution is 7.92. The molecule has 2 rings (SSSR count). The number of carbonyl (C=O) groups excluding carboxylic acids is 1. The average Bonchev–Trinajstić information content (AvgIpc) is 2.61. The van der Waals surface area contributed by atoms with E-state index in [0.717, 1.165) is 5.56 Å². The van der Waals surface area contributed by atoms with Crippen LogP contribution in [0, 0.1) is 18.3 Å². The lowest BCUT2D eigenvalue weighted by atomic mass is 10.1. The van der Waals surface area contributed by atoms with Gasteiger partial charge in [0.2, 0.25) is 0 Å². The first-order valence-electron chi connectivity index (χ1n) is 8.31.